The maximum absolute atomic E-state index is 12.6. The molecule has 0 spiro atoms. The number of rotatable bonds is 1. The van der Waals surface area contributed by atoms with E-state index in [1.807, 2.05) is 42.5 Å². The second-order valence-corrected chi connectivity index (χ2v) is 4.70. The second kappa shape index (κ2) is 4.49. The molecule has 0 amide bonds. The third-order valence-electron chi connectivity index (χ3n) is 3.45. The van der Waals surface area contributed by atoms with Crippen LogP contribution in [0.2, 0.25) is 0 Å². The van der Waals surface area contributed by atoms with Crippen molar-refractivity contribution in [2.75, 3.05) is 0 Å². The molecular weight excluding hydrogens is 264 g/mol. The summed E-state index contributed by atoms with van der Waals surface area (Å²) >= 11 is 0. The molecule has 5 heteroatoms. The van der Waals surface area contributed by atoms with Gasteiger partial charge in [-0.1, -0.05) is 42.5 Å². The van der Waals surface area contributed by atoms with Crippen molar-refractivity contribution < 1.29 is 0 Å². The van der Waals surface area contributed by atoms with Gasteiger partial charge < -0.3 is 0 Å². The smallest absolute Gasteiger partial charge is 0.267 e. The highest BCUT2D eigenvalue weighted by molar-refractivity contribution is 5.88. The van der Waals surface area contributed by atoms with Crippen molar-refractivity contribution >= 4 is 21.5 Å². The van der Waals surface area contributed by atoms with Gasteiger partial charge in [0.15, 0.2) is 5.82 Å². The lowest BCUT2D eigenvalue weighted by Crippen LogP contribution is -2.22. The first-order chi connectivity index (χ1) is 10.3. The normalized spacial score (nSPS) is 11.0. The van der Waals surface area contributed by atoms with Gasteiger partial charge in [0.05, 0.1) is 17.8 Å². The van der Waals surface area contributed by atoms with E-state index in [-0.39, 0.29) is 5.56 Å². The van der Waals surface area contributed by atoms with E-state index < -0.39 is 0 Å². The zero-order chi connectivity index (χ0) is 14.2. The van der Waals surface area contributed by atoms with E-state index >= 15 is 0 Å². The predicted molar refractivity (Wildman–Crippen MR) is 80.4 cm³/mol. The molecule has 21 heavy (non-hydrogen) atoms. The summed E-state index contributed by atoms with van der Waals surface area (Å²) in [5, 5.41) is 15.5. The Morgan fingerprint density at radius 1 is 0.810 bits per heavy atom. The molecule has 2 aromatic heterocycles. The van der Waals surface area contributed by atoms with Gasteiger partial charge >= 0.3 is 0 Å². The summed E-state index contributed by atoms with van der Waals surface area (Å²) in [6.45, 7) is 0. The summed E-state index contributed by atoms with van der Waals surface area (Å²) in [6, 6.07) is 15.0. The molecule has 0 saturated carbocycles. The summed E-state index contributed by atoms with van der Waals surface area (Å²) in [5.74, 6) is 0.448. The quantitative estimate of drug-likeness (QED) is 0.534. The molecule has 0 aliphatic carbocycles. The minimum atomic E-state index is -0.196. The van der Waals surface area contributed by atoms with Crippen molar-refractivity contribution in [1.29, 1.82) is 0 Å². The fourth-order valence-electron chi connectivity index (χ4n) is 2.41. The molecule has 0 atom stereocenters. The average Bonchev–Trinajstić information content (AvgIpc) is 2.55. The second-order valence-electron chi connectivity index (χ2n) is 4.70. The summed E-state index contributed by atoms with van der Waals surface area (Å²) in [6.07, 6.45) is 3.34. The maximum atomic E-state index is 12.6. The zero-order valence-electron chi connectivity index (χ0n) is 11.0. The predicted octanol–water partition coefficient (Wildman–Crippen LogP) is 2.33. The van der Waals surface area contributed by atoms with Crippen LogP contribution in [0.5, 0.6) is 0 Å². The lowest BCUT2D eigenvalue weighted by molar-refractivity contribution is 0.780. The van der Waals surface area contributed by atoms with E-state index in [2.05, 4.69) is 15.3 Å². The van der Waals surface area contributed by atoms with Crippen LogP contribution in [0, 0.1) is 0 Å². The van der Waals surface area contributed by atoms with Gasteiger partial charge in [0.2, 0.25) is 0 Å². The van der Waals surface area contributed by atoms with Gasteiger partial charge in [-0.05, 0) is 6.07 Å². The Balaban J connectivity index is 2.10. The number of hydrogen-bond donors (Lipinski definition) is 0. The van der Waals surface area contributed by atoms with Crippen LogP contribution in [0.25, 0.3) is 27.4 Å². The molecule has 100 valence electrons. The highest BCUT2D eigenvalue weighted by Crippen LogP contribution is 2.17. The van der Waals surface area contributed by atoms with Crippen molar-refractivity contribution in [3.63, 3.8) is 0 Å². The highest BCUT2D eigenvalue weighted by atomic mass is 16.1. The fourth-order valence-corrected chi connectivity index (χ4v) is 2.41. The Kier molecular flexibility index (Phi) is 2.50. The summed E-state index contributed by atoms with van der Waals surface area (Å²) in [7, 11) is 0. The molecule has 4 rings (SSSR count). The van der Waals surface area contributed by atoms with Crippen LogP contribution < -0.4 is 5.56 Å². The number of hydrogen-bond acceptors (Lipinski definition) is 4. The molecule has 2 heterocycles. The molecule has 0 aliphatic heterocycles. The van der Waals surface area contributed by atoms with E-state index in [9.17, 15) is 4.79 Å². The first kappa shape index (κ1) is 11.7. The lowest BCUT2D eigenvalue weighted by atomic mass is 10.2. The SMILES string of the molecule is O=c1c2ccccc2cnn1-c1nncc2ccccc12. The molecule has 0 saturated heterocycles. The molecule has 2 aromatic carbocycles. The highest BCUT2D eigenvalue weighted by Gasteiger charge is 2.10. The third kappa shape index (κ3) is 1.79. The molecule has 0 N–H and O–H groups in total. The van der Waals surface area contributed by atoms with E-state index in [0.29, 0.717) is 11.2 Å². The molecule has 0 radical (unpaired) electrons. The first-order valence-corrected chi connectivity index (χ1v) is 6.52. The standard InChI is InChI=1S/C16H10N4O/c21-16-14-8-4-2-6-12(14)10-18-20(16)15-13-7-3-1-5-11(13)9-17-19-15/h1-10H. The van der Waals surface area contributed by atoms with Crippen molar-refractivity contribution in [2.24, 2.45) is 0 Å². The molecule has 0 fully saturated rings. The van der Waals surface area contributed by atoms with Gasteiger partial charge in [0, 0.05) is 16.2 Å². The van der Waals surface area contributed by atoms with Crippen LogP contribution >= 0.6 is 0 Å². The van der Waals surface area contributed by atoms with Crippen LogP contribution in [0.1, 0.15) is 0 Å². The van der Waals surface area contributed by atoms with Crippen molar-refractivity contribution in [1.82, 2.24) is 20.0 Å². The van der Waals surface area contributed by atoms with E-state index in [4.69, 9.17) is 0 Å². The van der Waals surface area contributed by atoms with Gasteiger partial charge in [-0.3, -0.25) is 4.79 Å². The minimum absolute atomic E-state index is 0.196. The molecule has 0 bridgehead atoms. The summed E-state index contributed by atoms with van der Waals surface area (Å²) < 4.78 is 1.30. The summed E-state index contributed by atoms with van der Waals surface area (Å²) in [4.78, 5) is 12.6. The largest absolute Gasteiger partial charge is 0.280 e. The first-order valence-electron chi connectivity index (χ1n) is 6.52. The molecule has 5 nitrogen and oxygen atoms in total. The Morgan fingerprint density at radius 3 is 2.29 bits per heavy atom. The third-order valence-corrected chi connectivity index (χ3v) is 3.45. The Bertz CT molecular complexity index is 1020. The van der Waals surface area contributed by atoms with Crippen LogP contribution in [-0.2, 0) is 0 Å². The zero-order valence-corrected chi connectivity index (χ0v) is 11.0. The van der Waals surface area contributed by atoms with Crippen LogP contribution in [0.4, 0.5) is 0 Å². The monoisotopic (exact) mass is 274 g/mol. The lowest BCUT2D eigenvalue weighted by Gasteiger charge is -2.07. The van der Waals surface area contributed by atoms with Gasteiger partial charge in [0.1, 0.15) is 0 Å². The number of fused-ring (bicyclic) bond motifs is 2. The van der Waals surface area contributed by atoms with Gasteiger partial charge in [-0.25, -0.2) is 0 Å². The average molecular weight is 274 g/mol. The van der Waals surface area contributed by atoms with E-state index in [0.717, 1.165) is 16.2 Å². The number of benzene rings is 2. The topological polar surface area (TPSA) is 60.7 Å². The molecule has 0 aliphatic rings. The van der Waals surface area contributed by atoms with Crippen molar-refractivity contribution in [3.05, 3.63) is 71.3 Å². The van der Waals surface area contributed by atoms with Crippen LogP contribution in [-0.4, -0.2) is 20.0 Å². The molecular formula is C16H10N4O. The van der Waals surface area contributed by atoms with Gasteiger partial charge in [-0.2, -0.15) is 14.9 Å². The van der Waals surface area contributed by atoms with Crippen molar-refractivity contribution in [3.8, 4) is 5.82 Å². The molecule has 0 unspecified atom stereocenters. The number of nitrogens with zero attached hydrogens (tertiary/aromatic N) is 4. The maximum Gasteiger partial charge on any atom is 0.280 e. The Labute approximate surface area is 119 Å². The van der Waals surface area contributed by atoms with Gasteiger partial charge in [-0.15, -0.1) is 5.10 Å². The van der Waals surface area contributed by atoms with Gasteiger partial charge in [0.25, 0.3) is 5.56 Å². The van der Waals surface area contributed by atoms with Crippen LogP contribution in [0.3, 0.4) is 0 Å². The Morgan fingerprint density at radius 2 is 1.48 bits per heavy atom. The van der Waals surface area contributed by atoms with Crippen LogP contribution in [0.15, 0.2) is 65.7 Å². The fraction of sp³-hybridized carbons (Fsp3) is 0. The number of aromatic nitrogens is 4. The summed E-state index contributed by atoms with van der Waals surface area (Å²) in [5.41, 5.74) is -0.196. The van der Waals surface area contributed by atoms with E-state index in [1.54, 1.807) is 18.5 Å². The minimum Gasteiger partial charge on any atom is -0.267 e. The molecule has 4 aromatic rings. The Hall–Kier alpha value is -3.08. The van der Waals surface area contributed by atoms with Crippen molar-refractivity contribution in [2.45, 2.75) is 0 Å². The van der Waals surface area contributed by atoms with E-state index in [1.165, 1.54) is 4.68 Å².